The first-order valence-electron chi connectivity index (χ1n) is 5.71. The van der Waals surface area contributed by atoms with Crippen molar-refractivity contribution in [2.45, 2.75) is 19.3 Å². The number of benzene rings is 1. The summed E-state index contributed by atoms with van der Waals surface area (Å²) in [5.41, 5.74) is 9.54. The van der Waals surface area contributed by atoms with Gasteiger partial charge in [0.1, 0.15) is 0 Å². The van der Waals surface area contributed by atoms with Crippen LogP contribution >= 0.6 is 0 Å². The molecule has 1 heterocycles. The predicted octanol–water partition coefficient (Wildman–Crippen LogP) is 2.67. The zero-order valence-corrected chi connectivity index (χ0v) is 9.61. The van der Waals surface area contributed by atoms with Gasteiger partial charge in [0.25, 0.3) is 0 Å². The van der Waals surface area contributed by atoms with Gasteiger partial charge in [-0.3, -0.25) is 0 Å². The fourth-order valence-electron chi connectivity index (χ4n) is 1.80. The van der Waals surface area contributed by atoms with Crippen molar-refractivity contribution in [3.63, 3.8) is 0 Å². The predicted molar refractivity (Wildman–Crippen MR) is 67.5 cm³/mol. The van der Waals surface area contributed by atoms with E-state index in [1.165, 1.54) is 16.8 Å². The minimum Gasteiger partial charge on any atom is -0.365 e. The van der Waals surface area contributed by atoms with Gasteiger partial charge in [0.15, 0.2) is 0 Å². The second-order valence-corrected chi connectivity index (χ2v) is 4.25. The van der Waals surface area contributed by atoms with Crippen LogP contribution in [0.4, 0.5) is 0 Å². The minimum absolute atomic E-state index is 0.444. The zero-order chi connectivity index (χ0) is 11.4. The number of rotatable bonds is 4. The van der Waals surface area contributed by atoms with Gasteiger partial charge < -0.3 is 10.7 Å². The highest BCUT2D eigenvalue weighted by atomic mass is 14.7. The first kappa shape index (κ1) is 11.0. The summed E-state index contributed by atoms with van der Waals surface area (Å²) in [6.07, 6.45) is 2.92. The fourth-order valence-corrected chi connectivity index (χ4v) is 1.80. The van der Waals surface area contributed by atoms with Gasteiger partial charge in [-0.25, -0.2) is 0 Å². The third-order valence-corrected chi connectivity index (χ3v) is 2.96. The summed E-state index contributed by atoms with van der Waals surface area (Å²) < 4.78 is 0. The third kappa shape index (κ3) is 2.52. The number of nitrogens with one attached hydrogen (secondary N) is 1. The van der Waals surface area contributed by atoms with E-state index >= 15 is 0 Å². The van der Waals surface area contributed by atoms with Crippen LogP contribution in [0.1, 0.15) is 29.7 Å². The van der Waals surface area contributed by atoms with Gasteiger partial charge in [0.2, 0.25) is 0 Å². The molecular weight excluding hydrogens is 196 g/mol. The van der Waals surface area contributed by atoms with E-state index in [2.05, 4.69) is 42.2 Å². The van der Waals surface area contributed by atoms with Crippen molar-refractivity contribution >= 4 is 0 Å². The number of aromatic nitrogens is 1. The number of aromatic amines is 1. The van der Waals surface area contributed by atoms with Crippen molar-refractivity contribution in [3.8, 4) is 0 Å². The van der Waals surface area contributed by atoms with Gasteiger partial charge >= 0.3 is 0 Å². The molecule has 0 bridgehead atoms. The van der Waals surface area contributed by atoms with Crippen LogP contribution in [0.25, 0.3) is 0 Å². The molecule has 84 valence electrons. The molecule has 1 unspecified atom stereocenters. The third-order valence-electron chi connectivity index (χ3n) is 2.96. The van der Waals surface area contributed by atoms with Crippen LogP contribution < -0.4 is 5.73 Å². The molecule has 0 amide bonds. The van der Waals surface area contributed by atoms with E-state index in [1.54, 1.807) is 0 Å². The van der Waals surface area contributed by atoms with Crippen molar-refractivity contribution < 1.29 is 0 Å². The van der Waals surface area contributed by atoms with E-state index in [4.69, 9.17) is 5.73 Å². The lowest BCUT2D eigenvalue weighted by Crippen LogP contribution is -2.08. The monoisotopic (exact) mass is 214 g/mol. The molecule has 0 aliphatic heterocycles. The molecule has 2 heteroatoms. The maximum absolute atomic E-state index is 5.65. The topological polar surface area (TPSA) is 41.8 Å². The zero-order valence-electron chi connectivity index (χ0n) is 9.61. The highest BCUT2D eigenvalue weighted by Gasteiger charge is 2.03. The number of H-pyrrole nitrogens is 1. The summed E-state index contributed by atoms with van der Waals surface area (Å²) in [6.45, 7) is 2.86. The smallest absolute Gasteiger partial charge is 0.0191 e. The Hall–Kier alpha value is -1.54. The molecule has 0 aliphatic carbocycles. The molecule has 0 radical (unpaired) electrons. The molecule has 0 saturated heterocycles. The Morgan fingerprint density at radius 3 is 2.50 bits per heavy atom. The molecule has 2 nitrogen and oxygen atoms in total. The van der Waals surface area contributed by atoms with Crippen LogP contribution in [-0.2, 0) is 6.42 Å². The highest BCUT2D eigenvalue weighted by molar-refractivity contribution is 5.28. The average Bonchev–Trinajstić information content (AvgIpc) is 2.82. The molecule has 0 aliphatic rings. The number of hydrogen-bond acceptors (Lipinski definition) is 1. The molecule has 1 aromatic carbocycles. The van der Waals surface area contributed by atoms with Crippen LogP contribution in [0.15, 0.2) is 42.6 Å². The van der Waals surface area contributed by atoms with Crippen molar-refractivity contribution in [3.05, 3.63) is 59.4 Å². The van der Waals surface area contributed by atoms with E-state index in [-0.39, 0.29) is 0 Å². The molecule has 2 aromatic rings. The standard InChI is InChI=1S/C14H18N2/c1-11(10-15)13-6-4-12(5-7-13)9-14-3-2-8-16-14/h2-8,11,16H,9-10,15H2,1H3. The minimum atomic E-state index is 0.444. The SMILES string of the molecule is CC(CN)c1ccc(Cc2ccc[nH]2)cc1. The van der Waals surface area contributed by atoms with E-state index < -0.39 is 0 Å². The molecular formula is C14H18N2. The average molecular weight is 214 g/mol. The summed E-state index contributed by atoms with van der Waals surface area (Å²) in [7, 11) is 0. The summed E-state index contributed by atoms with van der Waals surface area (Å²) in [5.74, 6) is 0.444. The summed E-state index contributed by atoms with van der Waals surface area (Å²) >= 11 is 0. The van der Waals surface area contributed by atoms with Gasteiger partial charge in [-0.1, -0.05) is 31.2 Å². The van der Waals surface area contributed by atoms with Gasteiger partial charge in [-0.2, -0.15) is 0 Å². The number of nitrogens with two attached hydrogens (primary N) is 1. The lowest BCUT2D eigenvalue weighted by atomic mass is 9.99. The Kier molecular flexibility index (Phi) is 3.42. The van der Waals surface area contributed by atoms with Crippen molar-refractivity contribution in [1.82, 2.24) is 4.98 Å². The highest BCUT2D eigenvalue weighted by Crippen LogP contribution is 2.15. The van der Waals surface area contributed by atoms with Crippen LogP contribution in [-0.4, -0.2) is 11.5 Å². The maximum Gasteiger partial charge on any atom is 0.0191 e. The van der Waals surface area contributed by atoms with E-state index in [1.807, 2.05) is 12.3 Å². The lowest BCUT2D eigenvalue weighted by Gasteiger charge is -2.09. The molecule has 1 atom stereocenters. The first-order valence-corrected chi connectivity index (χ1v) is 5.71. The molecule has 0 saturated carbocycles. The quantitative estimate of drug-likeness (QED) is 0.807. The van der Waals surface area contributed by atoms with E-state index in [0.717, 1.165) is 6.42 Å². The molecule has 2 rings (SSSR count). The van der Waals surface area contributed by atoms with Crippen LogP contribution in [0.2, 0.25) is 0 Å². The number of hydrogen-bond donors (Lipinski definition) is 2. The fraction of sp³-hybridized carbons (Fsp3) is 0.286. The molecule has 0 fully saturated rings. The Morgan fingerprint density at radius 2 is 1.94 bits per heavy atom. The second-order valence-electron chi connectivity index (χ2n) is 4.25. The van der Waals surface area contributed by atoms with Gasteiger partial charge in [0, 0.05) is 18.3 Å². The van der Waals surface area contributed by atoms with Gasteiger partial charge in [-0.15, -0.1) is 0 Å². The second kappa shape index (κ2) is 4.99. The summed E-state index contributed by atoms with van der Waals surface area (Å²) in [6, 6.07) is 12.9. The van der Waals surface area contributed by atoms with Crippen molar-refractivity contribution in [2.75, 3.05) is 6.54 Å². The molecule has 1 aromatic heterocycles. The Balaban J connectivity index is 2.07. The summed E-state index contributed by atoms with van der Waals surface area (Å²) in [5, 5.41) is 0. The van der Waals surface area contributed by atoms with Crippen molar-refractivity contribution in [1.29, 1.82) is 0 Å². The Labute approximate surface area is 96.5 Å². The van der Waals surface area contributed by atoms with Crippen LogP contribution in [0, 0.1) is 0 Å². The summed E-state index contributed by atoms with van der Waals surface area (Å²) in [4.78, 5) is 3.21. The molecule has 0 spiro atoms. The van der Waals surface area contributed by atoms with E-state index in [0.29, 0.717) is 12.5 Å². The van der Waals surface area contributed by atoms with Gasteiger partial charge in [-0.05, 0) is 35.7 Å². The molecule has 3 N–H and O–H groups in total. The Bertz CT molecular complexity index is 415. The van der Waals surface area contributed by atoms with Crippen molar-refractivity contribution in [2.24, 2.45) is 5.73 Å². The Morgan fingerprint density at radius 1 is 1.19 bits per heavy atom. The van der Waals surface area contributed by atoms with Gasteiger partial charge in [0.05, 0.1) is 0 Å². The lowest BCUT2D eigenvalue weighted by molar-refractivity contribution is 0.773. The van der Waals surface area contributed by atoms with Crippen LogP contribution in [0.5, 0.6) is 0 Å². The maximum atomic E-state index is 5.65. The molecule has 16 heavy (non-hydrogen) atoms. The van der Waals surface area contributed by atoms with E-state index in [9.17, 15) is 0 Å². The normalized spacial score (nSPS) is 12.6. The first-order chi connectivity index (χ1) is 7.79. The van der Waals surface area contributed by atoms with Crippen LogP contribution in [0.3, 0.4) is 0 Å². The largest absolute Gasteiger partial charge is 0.365 e.